The van der Waals surface area contributed by atoms with E-state index in [1.54, 1.807) is 67.8 Å². The summed E-state index contributed by atoms with van der Waals surface area (Å²) < 4.78 is 80.5. The van der Waals surface area contributed by atoms with Gasteiger partial charge in [-0.05, 0) is 137 Å². The molecule has 812 valence electrons. The van der Waals surface area contributed by atoms with E-state index < -0.39 is 152 Å². The molecule has 8 amide bonds. The van der Waals surface area contributed by atoms with Gasteiger partial charge >= 0.3 is 11.9 Å². The van der Waals surface area contributed by atoms with E-state index in [0.29, 0.717) is 109 Å². The molecule has 45 heteroatoms. The minimum absolute atomic E-state index is 0.0407. The van der Waals surface area contributed by atoms with E-state index in [-0.39, 0.29) is 149 Å². The largest absolute Gasteiger partial charge is 0.493 e. The quantitative estimate of drug-likeness (QED) is 0.0164. The fraction of sp³-hybridized carbons (Fsp3) is 0.490. The Bertz CT molecular complexity index is 5550. The minimum Gasteiger partial charge on any atom is -0.493 e. The molecule has 0 spiro atoms. The van der Waals surface area contributed by atoms with Gasteiger partial charge < -0.3 is 150 Å². The van der Waals surface area contributed by atoms with Crippen molar-refractivity contribution >= 4 is 104 Å². The number of fused-ring (bicyclic) bond motifs is 3. The number of carbonyl (C=O) groups excluding carboxylic acids is 8. The first-order valence-corrected chi connectivity index (χ1v) is 53.5. The highest BCUT2D eigenvalue weighted by atomic mass is 33.1. The van der Waals surface area contributed by atoms with E-state index in [1.165, 1.54) is 90.7 Å². The molecule has 3 aliphatic rings. The minimum atomic E-state index is -2.56. The van der Waals surface area contributed by atoms with Crippen molar-refractivity contribution in [2.75, 3.05) is 182 Å². The third-order valence-corrected chi connectivity index (χ3v) is 28.6. The van der Waals surface area contributed by atoms with Crippen LogP contribution in [0.25, 0.3) is 33.4 Å². The fourth-order valence-corrected chi connectivity index (χ4v) is 20.0. The van der Waals surface area contributed by atoms with Gasteiger partial charge in [-0.15, -0.1) is 0 Å². The zero-order valence-corrected chi connectivity index (χ0v) is 87.1. The van der Waals surface area contributed by atoms with Crippen molar-refractivity contribution < 1.29 is 155 Å². The molecular formula is C104H134N8O33S4. The molecule has 2 aliphatic heterocycles. The van der Waals surface area contributed by atoms with Crippen molar-refractivity contribution in [2.24, 2.45) is 0 Å². The Morgan fingerprint density at radius 2 is 0.872 bits per heavy atom. The van der Waals surface area contributed by atoms with Gasteiger partial charge in [-0.2, -0.15) is 23.5 Å². The number of thioether (sulfide) groups is 2. The topological polar surface area (TPSA) is 575 Å². The maximum Gasteiger partial charge on any atom is 0.364 e. The lowest BCUT2D eigenvalue weighted by Gasteiger charge is -2.46. The van der Waals surface area contributed by atoms with Crippen LogP contribution >= 0.6 is 45.1 Å². The molecule has 1 aliphatic carbocycles. The predicted octanol–water partition coefficient (Wildman–Crippen LogP) is 5.54. The first-order chi connectivity index (χ1) is 71.9. The highest BCUT2D eigenvalue weighted by Crippen LogP contribution is 2.51. The van der Waals surface area contributed by atoms with Gasteiger partial charge in [-0.1, -0.05) is 113 Å². The van der Waals surface area contributed by atoms with Crippen LogP contribution in [0, 0.1) is 0 Å². The van der Waals surface area contributed by atoms with Crippen molar-refractivity contribution in [1.29, 1.82) is 0 Å². The number of methoxy groups -OCH3 is 4. The van der Waals surface area contributed by atoms with Gasteiger partial charge in [-0.3, -0.25) is 43.2 Å². The summed E-state index contributed by atoms with van der Waals surface area (Å²) in [7, 11) is 9.00. The Hall–Kier alpha value is -11.3. The fourth-order valence-electron chi connectivity index (χ4n) is 16.5. The summed E-state index contributed by atoms with van der Waals surface area (Å²) >= 11 is 2.75. The van der Waals surface area contributed by atoms with Crippen molar-refractivity contribution in [3.8, 4) is 62.1 Å². The third kappa shape index (κ3) is 36.5. The molecule has 41 nitrogen and oxygen atoms in total. The van der Waals surface area contributed by atoms with E-state index in [0.717, 1.165) is 47.2 Å². The summed E-state index contributed by atoms with van der Waals surface area (Å²) in [6, 6.07) is 40.0. The lowest BCUT2D eigenvalue weighted by molar-refractivity contribution is -0.310. The summed E-state index contributed by atoms with van der Waals surface area (Å²) in [6.07, 6.45) is -13.8. The molecule has 3 unspecified atom stereocenters. The van der Waals surface area contributed by atoms with E-state index >= 15 is 0 Å². The number of carboxylic acid groups (broad SMARTS) is 2. The monoisotopic (exact) mass is 2150 g/mol. The number of rotatable bonds is 65. The van der Waals surface area contributed by atoms with Crippen LogP contribution < -0.4 is 71.6 Å². The Morgan fingerprint density at radius 3 is 1.34 bits per heavy atom. The molecule has 16 N–H and O–H groups in total. The number of aliphatic carboxylic acids is 2. The van der Waals surface area contributed by atoms with Crippen LogP contribution in [0.4, 0.5) is 0 Å². The first kappa shape index (κ1) is 120. The summed E-state index contributed by atoms with van der Waals surface area (Å²) in [5.74, 6) is -8.37. The lowest BCUT2D eigenvalue weighted by atomic mass is 9.88. The molecule has 7 aromatic rings. The number of nitrogens with one attached hydrogen (secondary N) is 8. The van der Waals surface area contributed by atoms with Crippen molar-refractivity contribution in [1.82, 2.24) is 42.5 Å². The Morgan fingerprint density at radius 1 is 0.430 bits per heavy atom. The molecule has 0 aromatic heterocycles. The van der Waals surface area contributed by atoms with Gasteiger partial charge in [0.2, 0.25) is 34.8 Å². The first-order valence-electron chi connectivity index (χ1n) is 48.8. The van der Waals surface area contributed by atoms with Gasteiger partial charge in [0.05, 0.1) is 156 Å². The molecule has 2 heterocycles. The van der Waals surface area contributed by atoms with Gasteiger partial charge in [0.25, 0.3) is 35.2 Å². The number of aryl methyl sites for hydroxylation is 1. The summed E-state index contributed by atoms with van der Waals surface area (Å²) in [6.45, 7) is 3.60. The maximum absolute atomic E-state index is 13.9. The molecule has 2 fully saturated rings. The molecule has 2 saturated heterocycles. The number of amides is 8. The second kappa shape index (κ2) is 62.5. The van der Waals surface area contributed by atoms with Gasteiger partial charge in [0, 0.05) is 118 Å². The second-order valence-corrected chi connectivity index (χ2v) is 39.7. The van der Waals surface area contributed by atoms with Gasteiger partial charge in [0.15, 0.2) is 17.2 Å². The van der Waals surface area contributed by atoms with Crippen molar-refractivity contribution in [2.45, 2.75) is 144 Å². The number of carbonyl (C=O) groups is 10. The summed E-state index contributed by atoms with van der Waals surface area (Å²) in [5.41, 5.74) is 6.86. The number of ether oxygens (including phenoxy) is 14. The van der Waals surface area contributed by atoms with Crippen LogP contribution in [-0.2, 0) is 77.8 Å². The lowest BCUT2D eigenvalue weighted by Crippen LogP contribution is -2.68. The Kier molecular flexibility index (Phi) is 50.2. The summed E-state index contributed by atoms with van der Waals surface area (Å²) in [4.78, 5) is 144. The normalized spacial score (nSPS) is 19.0. The van der Waals surface area contributed by atoms with Gasteiger partial charge in [0.1, 0.15) is 36.8 Å². The van der Waals surface area contributed by atoms with Crippen LogP contribution in [0.5, 0.6) is 28.7 Å². The van der Waals surface area contributed by atoms with E-state index in [9.17, 15) is 93.6 Å². The Labute approximate surface area is 879 Å². The molecule has 7 aromatic carbocycles. The number of benzene rings is 6. The zero-order chi connectivity index (χ0) is 107. The number of hydrogen-bond acceptors (Lipinski definition) is 35. The molecule has 0 radical (unpaired) electrons. The smallest absolute Gasteiger partial charge is 0.364 e. The molecular weight excluding hydrogens is 2020 g/mol. The number of aliphatic hydroxyl groups is 6. The van der Waals surface area contributed by atoms with E-state index in [1.807, 2.05) is 66.7 Å². The summed E-state index contributed by atoms with van der Waals surface area (Å²) in [5, 5.41) is 111. The zero-order valence-electron chi connectivity index (χ0n) is 83.8. The number of aliphatic hydroxyl groups excluding tert-OH is 6. The van der Waals surface area contributed by atoms with Gasteiger partial charge in [-0.25, -0.2) is 9.59 Å². The van der Waals surface area contributed by atoms with E-state index in [4.69, 9.17) is 66.3 Å². The van der Waals surface area contributed by atoms with Crippen LogP contribution in [0.1, 0.15) is 117 Å². The second-order valence-electron chi connectivity index (χ2n) is 34.6. The molecule has 13 atom stereocenters. The third-order valence-electron chi connectivity index (χ3n) is 24.0. The molecule has 149 heavy (non-hydrogen) atoms. The highest BCUT2D eigenvalue weighted by molar-refractivity contribution is 8.76. The average Bonchev–Trinajstić information content (AvgIpc) is 1.71. The predicted molar refractivity (Wildman–Crippen MR) is 557 cm³/mol. The SMILES string of the molecule is COc1cc2c(c(OC)c1OC)-c1ccc(OC)c(=O)cc1C(NC(=O)CCSSCCC(=O)NCCOCCOCCOCCOCCOCCOc1cc(C(=O)NCCSCCCO[C@]3(C(=O)O)C[C@H](O)[C@@H](NC(C)=O)[C@H](C(O)[C@H](O)CNC(=O)c4ccc(-c5ccccc5)cc4)O3)ccc1C(=O)NCCSCCCO[C@]1(C(=O)O)C[C@H](O)[C@@H](NC(C)=O)[C@H](C(O)[C@H](O)CNC(=O)c3ccc(-c4ccccc4)cc3)O1)CC2. The van der Waals surface area contributed by atoms with Crippen LogP contribution in [-0.4, -0.2) is 354 Å². The molecule has 0 saturated carbocycles. The number of carboxylic acids is 2. The highest BCUT2D eigenvalue weighted by Gasteiger charge is 2.58. The van der Waals surface area contributed by atoms with Crippen LogP contribution in [0.15, 0.2) is 156 Å². The Balaban J connectivity index is 0.618. The molecule has 10 rings (SSSR count). The van der Waals surface area contributed by atoms with Crippen molar-refractivity contribution in [3.05, 3.63) is 195 Å². The maximum atomic E-state index is 13.9. The molecule has 0 bridgehead atoms. The average molecular weight is 2150 g/mol. The standard InChI is InChI=1S/C104H134N8O33S4/c1-64(113)110-89-79(116)60-103(101(128)129,144-95(89)91(122)81(118)62-108-97(124)70-23-19-68(20-24-70)66-15-9-7-10-16-66)142-38-13-51-146-55-36-106-99(126)73-27-29-75(100(127)107-37-56-147-52-14-39-143-104(102(130)131)61-80(117)90(111-65(2)114)96(145-104)92(123)82(119)63-109-98(125)71-25-21-69(22-26-71)67-17-11-8-12-18-67)84(58-73)141-50-49-140-48-47-139-46-45-138-44-43-137-42-41-136-40-35-105-86(120)33-53-148-149-54-34-87(121)112-77-31-28-72-57-85(133-4)93(134-5)94(135-6)88(72)74-30-32-83(132-3)78(115)59-76(74)77/h7-12,15-27,29-30,32,57-59,77,79-82,89-92,95-96,116-119,122-123H,13-14,28,31,33-56,60-63H2,1-6H3,(H,105,120)(H,106,126)(H,107,127)(H,108,124)(H,109,125)(H,110,113)(H,111,114)(H,112,121)(H,128,129)(H,130,131)/t77?,79-,80-,81+,82+,89+,90+,91?,92?,95+,96+,103+,104+/m0/s1. The van der Waals surface area contributed by atoms with E-state index in [2.05, 4.69) is 42.5 Å². The number of hydrogen-bond donors (Lipinski definition) is 16. The van der Waals surface area contributed by atoms with Crippen LogP contribution in [0.3, 0.4) is 0 Å². The van der Waals surface area contributed by atoms with Crippen LogP contribution in [0.2, 0.25) is 0 Å². The van der Waals surface area contributed by atoms with Crippen molar-refractivity contribution in [3.63, 3.8) is 0 Å².